The summed E-state index contributed by atoms with van der Waals surface area (Å²) in [5.41, 5.74) is -0.852. The number of hydrogen-bond acceptors (Lipinski definition) is 3. The lowest BCUT2D eigenvalue weighted by Gasteiger charge is -2.28. The first-order chi connectivity index (χ1) is 4.52. The zero-order valence-electron chi connectivity index (χ0n) is 5.93. The molecule has 56 valence electrons. The van der Waals surface area contributed by atoms with Crippen LogP contribution in [0.15, 0.2) is 0 Å². The number of nitrogens with one attached hydrogen (secondary N) is 1. The second kappa shape index (κ2) is 1.97. The van der Waals surface area contributed by atoms with E-state index in [0.29, 0.717) is 0 Å². The van der Waals surface area contributed by atoms with Crippen molar-refractivity contribution in [2.24, 2.45) is 0 Å². The minimum absolute atomic E-state index is 0.151. The fourth-order valence-electron chi connectivity index (χ4n) is 0.747. The summed E-state index contributed by atoms with van der Waals surface area (Å²) in [5, 5.41) is 2.49. The molecule has 0 spiro atoms. The summed E-state index contributed by atoms with van der Waals surface area (Å²) < 4.78 is 4.55. The third-order valence-corrected chi connectivity index (χ3v) is 1.30. The van der Waals surface area contributed by atoms with Crippen LogP contribution in [0.4, 0.5) is 0 Å². The van der Waals surface area contributed by atoms with Crippen LogP contribution in [0, 0.1) is 0 Å². The SMILES string of the molecule is CC1(C)NC(=O)COC1=O. The molecule has 0 atom stereocenters. The minimum atomic E-state index is -0.852. The van der Waals surface area contributed by atoms with E-state index >= 15 is 0 Å². The van der Waals surface area contributed by atoms with Crippen molar-refractivity contribution >= 4 is 11.9 Å². The highest BCUT2D eigenvalue weighted by Crippen LogP contribution is 2.08. The molecule has 1 rings (SSSR count). The molecule has 1 fully saturated rings. The van der Waals surface area contributed by atoms with Crippen molar-refractivity contribution in [2.75, 3.05) is 6.61 Å². The van der Waals surface area contributed by atoms with Gasteiger partial charge in [-0.15, -0.1) is 0 Å². The Morgan fingerprint density at radius 2 is 2.10 bits per heavy atom. The third-order valence-electron chi connectivity index (χ3n) is 1.30. The third kappa shape index (κ3) is 1.10. The average Bonchev–Trinajstić information content (AvgIpc) is 1.78. The number of carbonyl (C=O) groups is 2. The summed E-state index contributed by atoms with van der Waals surface area (Å²) in [6.07, 6.45) is 0. The maximum Gasteiger partial charge on any atom is 0.331 e. The molecule has 1 N–H and O–H groups in total. The zero-order valence-corrected chi connectivity index (χ0v) is 5.93. The summed E-state index contributed by atoms with van der Waals surface area (Å²) in [5.74, 6) is -0.628. The van der Waals surface area contributed by atoms with E-state index in [9.17, 15) is 9.59 Å². The number of rotatable bonds is 0. The molecule has 0 unspecified atom stereocenters. The summed E-state index contributed by atoms with van der Waals surface area (Å²) in [4.78, 5) is 21.5. The number of morpholine rings is 1. The normalized spacial score (nSPS) is 23.4. The van der Waals surface area contributed by atoms with Crippen LogP contribution in [0.2, 0.25) is 0 Å². The van der Waals surface area contributed by atoms with Crippen molar-refractivity contribution in [1.29, 1.82) is 0 Å². The van der Waals surface area contributed by atoms with E-state index in [4.69, 9.17) is 0 Å². The second-order valence-corrected chi connectivity index (χ2v) is 2.75. The monoisotopic (exact) mass is 143 g/mol. The van der Waals surface area contributed by atoms with Gasteiger partial charge in [0.05, 0.1) is 0 Å². The standard InChI is InChI=1S/C6H9NO3/c1-6(2)5(9)10-3-4(8)7-6/h3H2,1-2H3,(H,7,8). The van der Waals surface area contributed by atoms with Gasteiger partial charge in [-0.25, -0.2) is 4.79 Å². The fourth-order valence-corrected chi connectivity index (χ4v) is 0.747. The van der Waals surface area contributed by atoms with Crippen molar-refractivity contribution in [3.05, 3.63) is 0 Å². The van der Waals surface area contributed by atoms with Crippen molar-refractivity contribution in [2.45, 2.75) is 19.4 Å². The molecule has 0 aliphatic carbocycles. The maximum atomic E-state index is 10.8. The van der Waals surface area contributed by atoms with E-state index < -0.39 is 5.54 Å². The minimum Gasteiger partial charge on any atom is -0.454 e. The van der Waals surface area contributed by atoms with Crippen LogP contribution in [0.5, 0.6) is 0 Å². The Morgan fingerprint density at radius 1 is 1.50 bits per heavy atom. The molecule has 0 aromatic carbocycles. The number of carbonyl (C=O) groups excluding carboxylic acids is 2. The smallest absolute Gasteiger partial charge is 0.331 e. The van der Waals surface area contributed by atoms with E-state index in [1.807, 2.05) is 0 Å². The summed E-state index contributed by atoms with van der Waals surface area (Å²) in [6.45, 7) is 3.06. The Kier molecular flexibility index (Phi) is 1.39. The van der Waals surface area contributed by atoms with Crippen LogP contribution in [-0.4, -0.2) is 24.0 Å². The summed E-state index contributed by atoms with van der Waals surface area (Å²) >= 11 is 0. The van der Waals surface area contributed by atoms with E-state index in [0.717, 1.165) is 0 Å². The Bertz CT molecular complexity index is 185. The zero-order chi connectivity index (χ0) is 7.78. The Hall–Kier alpha value is -1.06. The number of hydrogen-bond donors (Lipinski definition) is 1. The predicted molar refractivity (Wildman–Crippen MR) is 33.2 cm³/mol. The highest BCUT2D eigenvalue weighted by molar-refractivity contribution is 5.92. The number of esters is 1. The Morgan fingerprint density at radius 3 is 2.50 bits per heavy atom. The maximum absolute atomic E-state index is 10.8. The summed E-state index contributed by atoms with van der Waals surface area (Å²) in [7, 11) is 0. The highest BCUT2D eigenvalue weighted by Gasteiger charge is 2.35. The molecule has 4 nitrogen and oxygen atoms in total. The molecule has 0 bridgehead atoms. The van der Waals surface area contributed by atoms with E-state index in [2.05, 4.69) is 10.1 Å². The van der Waals surface area contributed by atoms with Crippen LogP contribution in [0.25, 0.3) is 0 Å². The first-order valence-corrected chi connectivity index (χ1v) is 3.00. The quantitative estimate of drug-likeness (QED) is 0.462. The molecule has 1 aliphatic rings. The van der Waals surface area contributed by atoms with Gasteiger partial charge < -0.3 is 10.1 Å². The molecule has 1 saturated heterocycles. The van der Waals surface area contributed by atoms with Crippen LogP contribution in [0.1, 0.15) is 13.8 Å². The van der Waals surface area contributed by atoms with Crippen molar-refractivity contribution in [1.82, 2.24) is 5.32 Å². The van der Waals surface area contributed by atoms with Crippen LogP contribution in [-0.2, 0) is 14.3 Å². The van der Waals surface area contributed by atoms with E-state index in [1.165, 1.54) is 0 Å². The molecular formula is C6H9NO3. The molecule has 0 saturated carbocycles. The Balaban J connectivity index is 2.73. The number of cyclic esters (lactones) is 1. The van der Waals surface area contributed by atoms with Gasteiger partial charge in [0.25, 0.3) is 5.91 Å². The van der Waals surface area contributed by atoms with Gasteiger partial charge in [-0.2, -0.15) is 0 Å². The van der Waals surface area contributed by atoms with E-state index in [1.54, 1.807) is 13.8 Å². The topological polar surface area (TPSA) is 55.4 Å². The number of ether oxygens (including phenoxy) is 1. The molecule has 4 heteroatoms. The first-order valence-electron chi connectivity index (χ1n) is 3.00. The Labute approximate surface area is 58.5 Å². The van der Waals surface area contributed by atoms with Gasteiger partial charge in [0.15, 0.2) is 6.61 Å². The lowest BCUT2D eigenvalue weighted by Crippen LogP contribution is -2.56. The van der Waals surface area contributed by atoms with Crippen LogP contribution >= 0.6 is 0 Å². The first kappa shape index (κ1) is 7.05. The van der Waals surface area contributed by atoms with Gasteiger partial charge in [0.2, 0.25) is 0 Å². The van der Waals surface area contributed by atoms with Crippen molar-refractivity contribution in [3.63, 3.8) is 0 Å². The lowest BCUT2D eigenvalue weighted by molar-refractivity contribution is -0.161. The molecule has 0 radical (unpaired) electrons. The van der Waals surface area contributed by atoms with Crippen molar-refractivity contribution < 1.29 is 14.3 Å². The predicted octanol–water partition coefficient (Wildman–Crippen LogP) is -0.562. The van der Waals surface area contributed by atoms with Gasteiger partial charge in [-0.3, -0.25) is 4.79 Å². The van der Waals surface area contributed by atoms with Crippen molar-refractivity contribution in [3.8, 4) is 0 Å². The average molecular weight is 143 g/mol. The molecule has 1 heterocycles. The van der Waals surface area contributed by atoms with Gasteiger partial charge in [-0.1, -0.05) is 0 Å². The number of amides is 1. The van der Waals surface area contributed by atoms with Crippen LogP contribution in [0.3, 0.4) is 0 Å². The summed E-state index contributed by atoms with van der Waals surface area (Å²) in [6, 6.07) is 0. The molecule has 1 aliphatic heterocycles. The van der Waals surface area contributed by atoms with Crippen LogP contribution < -0.4 is 5.32 Å². The molecule has 0 aromatic heterocycles. The lowest BCUT2D eigenvalue weighted by atomic mass is 10.1. The van der Waals surface area contributed by atoms with Gasteiger partial charge in [-0.05, 0) is 13.8 Å². The molecular weight excluding hydrogens is 134 g/mol. The van der Waals surface area contributed by atoms with Gasteiger partial charge in [0, 0.05) is 0 Å². The largest absolute Gasteiger partial charge is 0.454 e. The van der Waals surface area contributed by atoms with Gasteiger partial charge >= 0.3 is 5.97 Å². The van der Waals surface area contributed by atoms with Gasteiger partial charge in [0.1, 0.15) is 5.54 Å². The second-order valence-electron chi connectivity index (χ2n) is 2.75. The molecule has 0 aromatic rings. The van der Waals surface area contributed by atoms with E-state index in [-0.39, 0.29) is 18.5 Å². The highest BCUT2D eigenvalue weighted by atomic mass is 16.5. The molecule has 10 heavy (non-hydrogen) atoms. The molecule has 1 amide bonds. The fraction of sp³-hybridized carbons (Fsp3) is 0.667.